The second-order valence-electron chi connectivity index (χ2n) is 4.52. The van der Waals surface area contributed by atoms with Gasteiger partial charge in [-0.2, -0.15) is 0 Å². The first-order chi connectivity index (χ1) is 9.79. The highest BCUT2D eigenvalue weighted by atomic mass is 35.5. The van der Waals surface area contributed by atoms with Gasteiger partial charge in [-0.15, -0.1) is 0 Å². The number of Topliss-reactive ketones (excluding diaryl/α,β-unsaturated/α-hetero) is 1. The van der Waals surface area contributed by atoms with E-state index < -0.39 is 10.0 Å². The van der Waals surface area contributed by atoms with Crippen molar-refractivity contribution in [2.75, 3.05) is 4.72 Å². The number of aryl methyl sites for hydroxylation is 1. The number of carbonyl (C=O) groups excluding carboxylic acids is 1. The molecule has 0 fully saturated rings. The standard InChI is InChI=1S/C14H13ClN2O3S/c1-9-6-12(8-16-14(9)15)17-21(19,20)13-5-3-4-11(7-13)10(2)18/h3-8,17H,1-2H3. The van der Waals surface area contributed by atoms with Crippen LogP contribution in [0.1, 0.15) is 22.8 Å². The van der Waals surface area contributed by atoms with Crippen LogP contribution < -0.4 is 4.72 Å². The molecule has 1 heterocycles. The topological polar surface area (TPSA) is 76.1 Å². The molecule has 1 N–H and O–H groups in total. The molecular formula is C14H13ClN2O3S. The van der Waals surface area contributed by atoms with Gasteiger partial charge in [0.15, 0.2) is 5.78 Å². The van der Waals surface area contributed by atoms with Crippen LogP contribution in [0.25, 0.3) is 0 Å². The number of rotatable bonds is 4. The number of nitrogens with zero attached hydrogens (tertiary/aromatic N) is 1. The molecule has 0 spiro atoms. The van der Waals surface area contributed by atoms with E-state index in [2.05, 4.69) is 9.71 Å². The molecule has 2 aromatic rings. The molecule has 7 heteroatoms. The predicted molar refractivity (Wildman–Crippen MR) is 81.2 cm³/mol. The number of carbonyl (C=O) groups is 1. The summed E-state index contributed by atoms with van der Waals surface area (Å²) in [6, 6.07) is 7.43. The van der Waals surface area contributed by atoms with Gasteiger partial charge in [-0.3, -0.25) is 9.52 Å². The number of sulfonamides is 1. The molecule has 0 amide bonds. The Bertz CT molecular complexity index is 804. The van der Waals surface area contributed by atoms with E-state index in [1.165, 1.54) is 31.3 Å². The van der Waals surface area contributed by atoms with Crippen molar-refractivity contribution in [3.63, 3.8) is 0 Å². The highest BCUT2D eigenvalue weighted by Crippen LogP contribution is 2.20. The van der Waals surface area contributed by atoms with Gasteiger partial charge in [0.05, 0.1) is 16.8 Å². The molecule has 0 atom stereocenters. The molecule has 0 bridgehead atoms. The summed E-state index contributed by atoms with van der Waals surface area (Å²) in [7, 11) is -3.78. The van der Waals surface area contributed by atoms with Gasteiger partial charge in [-0.25, -0.2) is 13.4 Å². The Morgan fingerprint density at radius 3 is 2.62 bits per heavy atom. The summed E-state index contributed by atoms with van der Waals surface area (Å²) in [4.78, 5) is 15.2. The lowest BCUT2D eigenvalue weighted by molar-refractivity contribution is 0.101. The van der Waals surface area contributed by atoms with E-state index in [1.807, 2.05) is 0 Å². The zero-order valence-corrected chi connectivity index (χ0v) is 13.0. The highest BCUT2D eigenvalue weighted by Gasteiger charge is 2.16. The number of hydrogen-bond donors (Lipinski definition) is 1. The average molecular weight is 325 g/mol. The fraction of sp³-hybridized carbons (Fsp3) is 0.143. The SMILES string of the molecule is CC(=O)c1cccc(S(=O)(=O)Nc2cnc(Cl)c(C)c2)c1. The molecule has 2 rings (SSSR count). The molecule has 0 aliphatic heterocycles. The van der Waals surface area contributed by atoms with E-state index in [4.69, 9.17) is 11.6 Å². The van der Waals surface area contributed by atoms with E-state index >= 15 is 0 Å². The summed E-state index contributed by atoms with van der Waals surface area (Å²) in [5.74, 6) is -0.198. The van der Waals surface area contributed by atoms with Gasteiger partial charge in [0, 0.05) is 5.56 Å². The quantitative estimate of drug-likeness (QED) is 0.692. The lowest BCUT2D eigenvalue weighted by Crippen LogP contribution is -2.14. The maximum absolute atomic E-state index is 12.3. The van der Waals surface area contributed by atoms with Crippen molar-refractivity contribution in [2.45, 2.75) is 18.7 Å². The van der Waals surface area contributed by atoms with Gasteiger partial charge >= 0.3 is 0 Å². The van der Waals surface area contributed by atoms with Crippen LogP contribution in [0.15, 0.2) is 41.4 Å². The zero-order chi connectivity index (χ0) is 15.6. The van der Waals surface area contributed by atoms with E-state index in [0.717, 1.165) is 0 Å². The van der Waals surface area contributed by atoms with E-state index in [0.29, 0.717) is 22.0 Å². The van der Waals surface area contributed by atoms with Crippen molar-refractivity contribution in [1.29, 1.82) is 0 Å². The molecule has 0 saturated heterocycles. The molecule has 0 saturated carbocycles. The minimum Gasteiger partial charge on any atom is -0.295 e. The number of nitrogens with one attached hydrogen (secondary N) is 1. The first kappa shape index (κ1) is 15.5. The highest BCUT2D eigenvalue weighted by molar-refractivity contribution is 7.92. The van der Waals surface area contributed by atoms with Crippen molar-refractivity contribution < 1.29 is 13.2 Å². The predicted octanol–water partition coefficient (Wildman–Crippen LogP) is 3.05. The van der Waals surface area contributed by atoms with Gasteiger partial charge in [0.2, 0.25) is 0 Å². The largest absolute Gasteiger partial charge is 0.295 e. The molecule has 21 heavy (non-hydrogen) atoms. The number of aromatic nitrogens is 1. The molecule has 0 unspecified atom stereocenters. The maximum atomic E-state index is 12.3. The zero-order valence-electron chi connectivity index (χ0n) is 11.4. The van der Waals surface area contributed by atoms with Crippen LogP contribution in [-0.2, 0) is 10.0 Å². The molecule has 110 valence electrons. The first-order valence-electron chi connectivity index (χ1n) is 6.05. The van der Waals surface area contributed by atoms with Crippen LogP contribution in [0.2, 0.25) is 5.15 Å². The van der Waals surface area contributed by atoms with Crippen LogP contribution in [0.4, 0.5) is 5.69 Å². The lowest BCUT2D eigenvalue weighted by Gasteiger charge is -2.09. The third-order valence-electron chi connectivity index (χ3n) is 2.82. The summed E-state index contributed by atoms with van der Waals surface area (Å²) in [6.07, 6.45) is 1.34. The monoisotopic (exact) mass is 324 g/mol. The minimum absolute atomic E-state index is 0.0165. The van der Waals surface area contributed by atoms with Crippen LogP contribution in [-0.4, -0.2) is 19.2 Å². The molecule has 5 nitrogen and oxygen atoms in total. The maximum Gasteiger partial charge on any atom is 0.261 e. The Balaban J connectivity index is 2.36. The van der Waals surface area contributed by atoms with Crippen molar-refractivity contribution in [3.05, 3.63) is 52.8 Å². The molecule has 1 aromatic carbocycles. The number of benzene rings is 1. The number of hydrogen-bond acceptors (Lipinski definition) is 4. The van der Waals surface area contributed by atoms with Gasteiger partial charge in [0.1, 0.15) is 5.15 Å². The Hall–Kier alpha value is -1.92. The van der Waals surface area contributed by atoms with Crippen LogP contribution >= 0.6 is 11.6 Å². The Morgan fingerprint density at radius 1 is 1.29 bits per heavy atom. The van der Waals surface area contributed by atoms with Crippen molar-refractivity contribution in [3.8, 4) is 0 Å². The fourth-order valence-electron chi connectivity index (χ4n) is 1.71. The average Bonchev–Trinajstić information content (AvgIpc) is 2.43. The lowest BCUT2D eigenvalue weighted by atomic mass is 10.2. The summed E-state index contributed by atoms with van der Waals surface area (Å²) in [5.41, 5.74) is 1.31. The third-order valence-corrected chi connectivity index (χ3v) is 4.59. The Labute approximate surface area is 128 Å². The second-order valence-corrected chi connectivity index (χ2v) is 6.56. The molecule has 0 aliphatic rings. The van der Waals surface area contributed by atoms with Gasteiger partial charge in [-0.05, 0) is 37.6 Å². The van der Waals surface area contributed by atoms with Crippen LogP contribution in [0.5, 0.6) is 0 Å². The number of halogens is 1. The smallest absolute Gasteiger partial charge is 0.261 e. The summed E-state index contributed by atoms with van der Waals surface area (Å²) in [5, 5.41) is 0.316. The summed E-state index contributed by atoms with van der Waals surface area (Å²) in [6.45, 7) is 3.11. The van der Waals surface area contributed by atoms with Gasteiger partial charge in [-0.1, -0.05) is 23.7 Å². The molecule has 0 radical (unpaired) electrons. The molecule has 0 aliphatic carbocycles. The van der Waals surface area contributed by atoms with E-state index in [1.54, 1.807) is 19.1 Å². The number of pyridine rings is 1. The third kappa shape index (κ3) is 3.59. The molecular weight excluding hydrogens is 312 g/mol. The first-order valence-corrected chi connectivity index (χ1v) is 7.92. The normalized spacial score (nSPS) is 11.2. The van der Waals surface area contributed by atoms with Gasteiger partial charge in [0.25, 0.3) is 10.0 Å². The van der Waals surface area contributed by atoms with Gasteiger partial charge < -0.3 is 0 Å². The molecule has 1 aromatic heterocycles. The summed E-state index contributed by atoms with van der Waals surface area (Å²) < 4.78 is 27.0. The van der Waals surface area contributed by atoms with Crippen LogP contribution in [0.3, 0.4) is 0 Å². The fourth-order valence-corrected chi connectivity index (χ4v) is 2.89. The van der Waals surface area contributed by atoms with E-state index in [9.17, 15) is 13.2 Å². The minimum atomic E-state index is -3.78. The second kappa shape index (κ2) is 5.83. The Morgan fingerprint density at radius 2 is 2.00 bits per heavy atom. The Kier molecular flexibility index (Phi) is 4.29. The number of anilines is 1. The number of ketones is 1. The van der Waals surface area contributed by atoms with Crippen molar-refractivity contribution >= 4 is 33.1 Å². The van der Waals surface area contributed by atoms with Crippen LogP contribution in [0, 0.1) is 6.92 Å². The van der Waals surface area contributed by atoms with Crippen molar-refractivity contribution in [1.82, 2.24) is 4.98 Å². The van der Waals surface area contributed by atoms with Crippen molar-refractivity contribution in [2.24, 2.45) is 0 Å². The summed E-state index contributed by atoms with van der Waals surface area (Å²) >= 11 is 5.80. The van der Waals surface area contributed by atoms with E-state index in [-0.39, 0.29) is 10.7 Å².